The lowest BCUT2D eigenvalue weighted by Gasteiger charge is -2.10. The summed E-state index contributed by atoms with van der Waals surface area (Å²) in [7, 11) is 0. The number of para-hydroxylation sites is 1. The maximum Gasteiger partial charge on any atom is 0.131 e. The van der Waals surface area contributed by atoms with Gasteiger partial charge in [0.2, 0.25) is 0 Å². The molecule has 0 bridgehead atoms. The van der Waals surface area contributed by atoms with Crippen molar-refractivity contribution in [2.24, 2.45) is 0 Å². The highest BCUT2D eigenvalue weighted by atomic mass is 79.9. The fraction of sp³-hybridized carbons (Fsp3) is 0.0769. The summed E-state index contributed by atoms with van der Waals surface area (Å²) < 4.78 is 27.4. The van der Waals surface area contributed by atoms with Gasteiger partial charge in [0.25, 0.3) is 0 Å². The van der Waals surface area contributed by atoms with Gasteiger partial charge in [-0.3, -0.25) is 0 Å². The summed E-state index contributed by atoms with van der Waals surface area (Å²) in [5, 5.41) is 0. The molecule has 0 amide bonds. The van der Waals surface area contributed by atoms with Gasteiger partial charge in [0, 0.05) is 22.3 Å². The molecule has 2 N–H and O–H groups in total. The second-order valence-corrected chi connectivity index (χ2v) is 4.61. The maximum absolute atomic E-state index is 13.5. The normalized spacial score (nSPS) is 10.4. The number of rotatable bonds is 4. The van der Waals surface area contributed by atoms with Gasteiger partial charge in [-0.2, -0.15) is 0 Å². The molecular formula is C13H11BrF2N2. The van der Waals surface area contributed by atoms with Gasteiger partial charge in [0.1, 0.15) is 11.6 Å². The van der Waals surface area contributed by atoms with Crippen molar-refractivity contribution < 1.29 is 8.78 Å². The molecule has 0 atom stereocenters. The first-order chi connectivity index (χ1) is 8.66. The molecule has 2 nitrogen and oxygen atoms in total. The van der Waals surface area contributed by atoms with Crippen molar-refractivity contribution in [1.82, 2.24) is 5.43 Å². The average molecular weight is 313 g/mol. The van der Waals surface area contributed by atoms with Crippen LogP contribution in [0.2, 0.25) is 0 Å². The first-order valence-corrected chi connectivity index (χ1v) is 6.13. The third-order valence-corrected chi connectivity index (χ3v) is 2.84. The Morgan fingerprint density at radius 1 is 1.00 bits per heavy atom. The molecule has 94 valence electrons. The number of hydrogen-bond acceptors (Lipinski definition) is 2. The molecule has 0 heterocycles. The van der Waals surface area contributed by atoms with Crippen LogP contribution >= 0.6 is 15.9 Å². The Kier molecular flexibility index (Phi) is 4.28. The van der Waals surface area contributed by atoms with Crippen molar-refractivity contribution in [3.05, 3.63) is 64.1 Å². The molecule has 2 aromatic carbocycles. The average Bonchev–Trinajstić information content (AvgIpc) is 2.34. The first-order valence-electron chi connectivity index (χ1n) is 5.34. The zero-order valence-corrected chi connectivity index (χ0v) is 11.0. The van der Waals surface area contributed by atoms with Crippen molar-refractivity contribution in [3.63, 3.8) is 0 Å². The summed E-state index contributed by atoms with van der Waals surface area (Å²) in [6.07, 6.45) is 0. The SMILES string of the molecule is Fc1cc(Br)cc(F)c1CNNc1ccccc1. The number of hydrazine groups is 1. The fourth-order valence-electron chi connectivity index (χ4n) is 1.50. The zero-order valence-electron chi connectivity index (χ0n) is 9.38. The maximum atomic E-state index is 13.5. The van der Waals surface area contributed by atoms with E-state index in [1.807, 2.05) is 30.3 Å². The van der Waals surface area contributed by atoms with Crippen LogP contribution in [-0.4, -0.2) is 0 Å². The molecule has 0 aliphatic heterocycles. The highest BCUT2D eigenvalue weighted by Gasteiger charge is 2.09. The predicted molar refractivity (Wildman–Crippen MR) is 71.0 cm³/mol. The van der Waals surface area contributed by atoms with Gasteiger partial charge >= 0.3 is 0 Å². The van der Waals surface area contributed by atoms with Gasteiger partial charge in [-0.05, 0) is 24.3 Å². The van der Waals surface area contributed by atoms with E-state index in [1.54, 1.807) is 0 Å². The Balaban J connectivity index is 1.99. The van der Waals surface area contributed by atoms with Crippen molar-refractivity contribution in [2.75, 3.05) is 5.43 Å². The molecule has 0 unspecified atom stereocenters. The summed E-state index contributed by atoms with van der Waals surface area (Å²) >= 11 is 3.04. The first kappa shape index (κ1) is 13.0. The molecule has 2 aromatic rings. The number of nitrogens with one attached hydrogen (secondary N) is 2. The topological polar surface area (TPSA) is 24.1 Å². The van der Waals surface area contributed by atoms with Crippen molar-refractivity contribution >= 4 is 21.6 Å². The van der Waals surface area contributed by atoms with Gasteiger partial charge in [-0.15, -0.1) is 0 Å². The third kappa shape index (κ3) is 3.27. The van der Waals surface area contributed by atoms with Crippen LogP contribution in [0.5, 0.6) is 0 Å². The van der Waals surface area contributed by atoms with Crippen molar-refractivity contribution in [1.29, 1.82) is 0 Å². The number of halogens is 3. The molecule has 0 aliphatic rings. The Hall–Kier alpha value is -1.46. The van der Waals surface area contributed by atoms with E-state index in [4.69, 9.17) is 0 Å². The van der Waals surface area contributed by atoms with Gasteiger partial charge in [-0.25, -0.2) is 14.2 Å². The molecule has 5 heteroatoms. The Morgan fingerprint density at radius 2 is 1.61 bits per heavy atom. The van der Waals surface area contributed by atoms with Gasteiger partial charge in [0.05, 0.1) is 0 Å². The second-order valence-electron chi connectivity index (χ2n) is 3.69. The summed E-state index contributed by atoms with van der Waals surface area (Å²) in [5.41, 5.74) is 6.47. The van der Waals surface area contributed by atoms with Crippen molar-refractivity contribution in [2.45, 2.75) is 6.54 Å². The van der Waals surface area contributed by atoms with Crippen LogP contribution in [0, 0.1) is 11.6 Å². The quantitative estimate of drug-likeness (QED) is 0.838. The molecule has 0 aliphatic carbocycles. The molecule has 0 aromatic heterocycles. The molecule has 0 radical (unpaired) electrons. The number of hydrogen-bond donors (Lipinski definition) is 2. The standard InChI is InChI=1S/C13H11BrF2N2/c14-9-6-12(15)11(13(16)7-9)8-17-18-10-4-2-1-3-5-10/h1-7,17-18H,8H2. The van der Waals surface area contributed by atoms with Gasteiger partial charge < -0.3 is 5.43 Å². The lowest BCUT2D eigenvalue weighted by atomic mass is 10.2. The minimum absolute atomic E-state index is 0.00151. The monoisotopic (exact) mass is 312 g/mol. The third-order valence-electron chi connectivity index (χ3n) is 2.38. The van der Waals surface area contributed by atoms with Crippen LogP contribution < -0.4 is 10.9 Å². The van der Waals surface area contributed by atoms with Crippen LogP contribution in [0.3, 0.4) is 0 Å². The second kappa shape index (κ2) is 5.93. The van der Waals surface area contributed by atoms with Crippen LogP contribution in [0.15, 0.2) is 46.9 Å². The van der Waals surface area contributed by atoms with E-state index in [2.05, 4.69) is 26.8 Å². The molecule has 18 heavy (non-hydrogen) atoms. The van der Waals surface area contributed by atoms with Crippen LogP contribution in [0.1, 0.15) is 5.56 Å². The Labute approximate surface area is 112 Å². The van der Waals surface area contributed by atoms with E-state index in [9.17, 15) is 8.78 Å². The smallest absolute Gasteiger partial charge is 0.131 e. The molecule has 2 rings (SSSR count). The minimum atomic E-state index is -0.579. The Bertz CT molecular complexity index is 509. The summed E-state index contributed by atoms with van der Waals surface area (Å²) in [5.74, 6) is -1.16. The van der Waals surface area contributed by atoms with Gasteiger partial charge in [-0.1, -0.05) is 34.1 Å². The number of anilines is 1. The highest BCUT2D eigenvalue weighted by Crippen LogP contribution is 2.19. The lowest BCUT2D eigenvalue weighted by molar-refractivity contribution is 0.544. The summed E-state index contributed by atoms with van der Waals surface area (Å²) in [6, 6.07) is 11.8. The predicted octanol–water partition coefficient (Wildman–Crippen LogP) is 3.84. The van der Waals surface area contributed by atoms with Crippen molar-refractivity contribution in [3.8, 4) is 0 Å². The molecule has 0 fully saturated rings. The van der Waals surface area contributed by atoms with Crippen LogP contribution in [-0.2, 0) is 6.54 Å². The molecule has 0 saturated heterocycles. The zero-order chi connectivity index (χ0) is 13.0. The van der Waals surface area contributed by atoms with E-state index < -0.39 is 11.6 Å². The van der Waals surface area contributed by atoms with E-state index >= 15 is 0 Å². The largest absolute Gasteiger partial charge is 0.321 e. The number of benzene rings is 2. The minimum Gasteiger partial charge on any atom is -0.321 e. The molecule has 0 saturated carbocycles. The van der Waals surface area contributed by atoms with Crippen LogP contribution in [0.4, 0.5) is 14.5 Å². The fourth-order valence-corrected chi connectivity index (χ4v) is 1.90. The van der Waals surface area contributed by atoms with E-state index in [-0.39, 0.29) is 12.1 Å². The summed E-state index contributed by atoms with van der Waals surface area (Å²) in [6.45, 7) is 0.0554. The van der Waals surface area contributed by atoms with Gasteiger partial charge in [0.15, 0.2) is 0 Å². The summed E-state index contributed by atoms with van der Waals surface area (Å²) in [4.78, 5) is 0. The van der Waals surface area contributed by atoms with E-state index in [0.29, 0.717) is 4.47 Å². The molecule has 0 spiro atoms. The molecular weight excluding hydrogens is 302 g/mol. The van der Waals surface area contributed by atoms with Crippen LogP contribution in [0.25, 0.3) is 0 Å². The van der Waals surface area contributed by atoms with E-state index in [1.165, 1.54) is 12.1 Å². The lowest BCUT2D eigenvalue weighted by Crippen LogP contribution is -2.22. The highest BCUT2D eigenvalue weighted by molar-refractivity contribution is 9.10. The Morgan fingerprint density at radius 3 is 2.22 bits per heavy atom. The van der Waals surface area contributed by atoms with E-state index in [0.717, 1.165) is 5.69 Å².